The number of H-pyrrole nitrogens is 1. The molecule has 1 aromatic carbocycles. The molecule has 0 fully saturated rings. The number of carbonyl (C=O) groups excluding carboxylic acids is 1. The van der Waals surface area contributed by atoms with Crippen LogP contribution in [-0.2, 0) is 4.79 Å². The predicted octanol–water partition coefficient (Wildman–Crippen LogP) is 1.78. The Kier molecular flexibility index (Phi) is 4.82. The maximum absolute atomic E-state index is 12.0. The van der Waals surface area contributed by atoms with Gasteiger partial charge >= 0.3 is 10.2 Å². The number of nitrogens with one attached hydrogen (secondary N) is 2. The summed E-state index contributed by atoms with van der Waals surface area (Å²) in [6.07, 6.45) is 2.65. The number of nitrogens with zero attached hydrogens (tertiary/aromatic N) is 4. The molecule has 1 amide bonds. The van der Waals surface area contributed by atoms with Crippen molar-refractivity contribution >= 4 is 39.1 Å². The molecule has 0 spiro atoms. The Bertz CT molecular complexity index is 863. The predicted molar refractivity (Wildman–Crippen MR) is 88.2 cm³/mol. The van der Waals surface area contributed by atoms with Crippen LogP contribution < -0.4 is 10.00 Å². The number of thioether (sulfide) groups is 1. The topological polar surface area (TPSA) is 118 Å². The zero-order valence-corrected chi connectivity index (χ0v) is 13.7. The van der Waals surface area contributed by atoms with Crippen molar-refractivity contribution in [3.8, 4) is 5.69 Å². The highest BCUT2D eigenvalue weighted by Crippen LogP contribution is 2.25. The first-order valence-electron chi connectivity index (χ1n) is 6.67. The van der Waals surface area contributed by atoms with Gasteiger partial charge in [0.1, 0.15) is 6.20 Å². The first-order chi connectivity index (χ1) is 11.6. The Morgan fingerprint density at radius 1 is 1.38 bits per heavy atom. The van der Waals surface area contributed by atoms with Gasteiger partial charge in [-0.2, -0.15) is 5.10 Å². The second-order valence-electron chi connectivity index (χ2n) is 4.44. The Labute approximate surface area is 143 Å². The number of nitro groups is 1. The maximum atomic E-state index is 12.0. The van der Waals surface area contributed by atoms with Gasteiger partial charge in [-0.1, -0.05) is 18.2 Å². The molecule has 24 heavy (non-hydrogen) atoms. The Balaban J connectivity index is 1.61. The van der Waals surface area contributed by atoms with E-state index in [1.807, 2.05) is 30.3 Å². The highest BCUT2D eigenvalue weighted by molar-refractivity contribution is 7.99. The van der Waals surface area contributed by atoms with E-state index >= 15 is 0 Å². The zero-order chi connectivity index (χ0) is 16.9. The van der Waals surface area contributed by atoms with Gasteiger partial charge in [0.05, 0.1) is 10.7 Å². The van der Waals surface area contributed by atoms with E-state index < -0.39 is 4.92 Å². The zero-order valence-electron chi connectivity index (χ0n) is 12.1. The molecule has 3 rings (SSSR count). The third-order valence-electron chi connectivity index (χ3n) is 2.82. The standard InChI is InChI=1S/C13H10N6O3S2/c20-10(17-12-14-6-11(24-12)19(21)22)7-23-13-15-8-16-18(13)9-4-2-1-3-5-9/h1-6,8H,7H2,(H,14,17,20)/p+1. The number of rotatable bonds is 6. The van der Waals surface area contributed by atoms with Crippen LogP contribution in [0.5, 0.6) is 0 Å². The summed E-state index contributed by atoms with van der Waals surface area (Å²) >= 11 is 2.05. The molecular formula is C13H11N6O3S2+. The van der Waals surface area contributed by atoms with Crippen molar-refractivity contribution in [1.29, 1.82) is 0 Å². The molecule has 0 unspecified atom stereocenters. The van der Waals surface area contributed by atoms with Crippen LogP contribution in [0.3, 0.4) is 0 Å². The van der Waals surface area contributed by atoms with E-state index in [0.717, 1.165) is 23.2 Å². The summed E-state index contributed by atoms with van der Waals surface area (Å²) in [5.41, 5.74) is 0.897. The molecular weight excluding hydrogens is 352 g/mol. The lowest BCUT2D eigenvalue weighted by Crippen LogP contribution is -2.35. The van der Waals surface area contributed by atoms with Crippen LogP contribution >= 0.6 is 23.1 Å². The average Bonchev–Trinajstić information content (AvgIpc) is 3.23. The molecule has 0 aliphatic rings. The second-order valence-corrected chi connectivity index (χ2v) is 6.39. The largest absolute Gasteiger partial charge is 0.385 e. The van der Waals surface area contributed by atoms with E-state index in [1.165, 1.54) is 18.1 Å². The van der Waals surface area contributed by atoms with Crippen molar-refractivity contribution in [2.45, 2.75) is 5.16 Å². The van der Waals surface area contributed by atoms with Gasteiger partial charge in [0.15, 0.2) is 10.8 Å². The van der Waals surface area contributed by atoms with Crippen LogP contribution in [0.1, 0.15) is 0 Å². The molecule has 9 nitrogen and oxygen atoms in total. The van der Waals surface area contributed by atoms with Gasteiger partial charge in [-0.25, -0.2) is 4.98 Å². The fourth-order valence-electron chi connectivity index (χ4n) is 1.81. The first kappa shape index (κ1) is 16.1. The number of amides is 1. The van der Waals surface area contributed by atoms with Crippen molar-refractivity contribution in [3.05, 3.63) is 53.0 Å². The molecule has 0 saturated heterocycles. The van der Waals surface area contributed by atoms with Crippen LogP contribution in [0.4, 0.5) is 10.1 Å². The van der Waals surface area contributed by atoms with Crippen molar-refractivity contribution in [2.24, 2.45) is 0 Å². The number of para-hydroxylation sites is 1. The molecule has 2 heterocycles. The van der Waals surface area contributed by atoms with E-state index in [-0.39, 0.29) is 21.8 Å². The van der Waals surface area contributed by atoms with E-state index in [4.69, 9.17) is 0 Å². The minimum Gasteiger partial charge on any atom is -0.301 e. The second kappa shape index (κ2) is 7.19. The smallest absolute Gasteiger partial charge is 0.301 e. The van der Waals surface area contributed by atoms with Crippen molar-refractivity contribution in [2.75, 3.05) is 11.1 Å². The number of anilines is 1. The molecule has 0 bridgehead atoms. The lowest BCUT2D eigenvalue weighted by molar-refractivity contribution is -0.694. The fourth-order valence-corrected chi connectivity index (χ4v) is 3.21. The molecule has 3 aromatic rings. The maximum Gasteiger partial charge on any atom is 0.385 e. The Morgan fingerprint density at radius 2 is 2.17 bits per heavy atom. The van der Waals surface area contributed by atoms with E-state index in [2.05, 4.69) is 20.4 Å². The van der Waals surface area contributed by atoms with Gasteiger partial charge in [0.25, 0.3) is 0 Å². The number of aromatic amines is 1. The number of thiazole rings is 1. The van der Waals surface area contributed by atoms with Crippen molar-refractivity contribution in [3.63, 3.8) is 0 Å². The summed E-state index contributed by atoms with van der Waals surface area (Å²) in [6, 6.07) is 9.54. The van der Waals surface area contributed by atoms with Gasteiger partial charge in [0.2, 0.25) is 12.2 Å². The summed E-state index contributed by atoms with van der Waals surface area (Å²) in [5.74, 6) is -0.211. The highest BCUT2D eigenvalue weighted by atomic mass is 32.2. The van der Waals surface area contributed by atoms with Crippen LogP contribution in [0.15, 0.2) is 48.0 Å². The van der Waals surface area contributed by atoms with Gasteiger partial charge in [0, 0.05) is 0 Å². The summed E-state index contributed by atoms with van der Waals surface area (Å²) < 4.78 is 1.76. The summed E-state index contributed by atoms with van der Waals surface area (Å²) in [6.45, 7) is 0. The molecule has 0 radical (unpaired) electrons. The third-order valence-corrected chi connectivity index (χ3v) is 4.64. The third kappa shape index (κ3) is 3.75. The van der Waals surface area contributed by atoms with E-state index in [0.29, 0.717) is 5.16 Å². The number of benzene rings is 1. The number of carbonyl (C=O) groups is 1. The first-order valence-corrected chi connectivity index (χ1v) is 8.47. The SMILES string of the molecule is O=C(CSc1nc[nH][n+]1-c1ccccc1)Nc1ncc([N+](=O)[O-])s1. The average molecular weight is 363 g/mol. The quantitative estimate of drug-likeness (QED) is 0.298. The van der Waals surface area contributed by atoms with Crippen LogP contribution in [0.2, 0.25) is 0 Å². The van der Waals surface area contributed by atoms with Crippen LogP contribution in [-0.4, -0.2) is 31.6 Å². The van der Waals surface area contributed by atoms with Gasteiger partial charge in [-0.15, -0.1) is 4.68 Å². The number of aromatic nitrogens is 4. The minimum atomic E-state index is -0.547. The number of hydrogen-bond donors (Lipinski definition) is 2. The van der Waals surface area contributed by atoms with Gasteiger partial charge in [-0.05, 0) is 40.2 Å². The summed E-state index contributed by atoms with van der Waals surface area (Å²) in [4.78, 5) is 30.0. The number of hydrogen-bond acceptors (Lipinski definition) is 7. The van der Waals surface area contributed by atoms with Crippen molar-refractivity contribution < 1.29 is 14.4 Å². The molecule has 0 aliphatic carbocycles. The van der Waals surface area contributed by atoms with E-state index in [1.54, 1.807) is 4.68 Å². The van der Waals surface area contributed by atoms with Crippen molar-refractivity contribution in [1.82, 2.24) is 15.1 Å². The van der Waals surface area contributed by atoms with Crippen LogP contribution in [0.25, 0.3) is 5.69 Å². The fraction of sp³-hybridized carbons (Fsp3) is 0.0769. The molecule has 122 valence electrons. The Morgan fingerprint density at radius 3 is 2.88 bits per heavy atom. The minimum absolute atomic E-state index is 0.102. The molecule has 2 N–H and O–H groups in total. The van der Waals surface area contributed by atoms with Gasteiger partial charge in [-0.3, -0.25) is 14.9 Å². The molecule has 2 aromatic heterocycles. The summed E-state index contributed by atoms with van der Waals surface area (Å²) in [7, 11) is 0. The summed E-state index contributed by atoms with van der Waals surface area (Å²) in [5, 5.41) is 16.8. The van der Waals surface area contributed by atoms with Crippen LogP contribution in [0, 0.1) is 10.1 Å². The lowest BCUT2D eigenvalue weighted by atomic mass is 10.3. The highest BCUT2D eigenvalue weighted by Gasteiger charge is 2.19. The van der Waals surface area contributed by atoms with E-state index in [9.17, 15) is 14.9 Å². The monoisotopic (exact) mass is 363 g/mol. The molecule has 0 saturated carbocycles. The molecule has 0 atom stereocenters. The lowest BCUT2D eigenvalue weighted by Gasteiger charge is -1.99. The Hall–Kier alpha value is -2.79. The van der Waals surface area contributed by atoms with Gasteiger partial charge < -0.3 is 5.32 Å². The molecule has 0 aliphatic heterocycles. The molecule has 11 heteroatoms. The normalized spacial score (nSPS) is 10.5.